The zero-order valence-electron chi connectivity index (χ0n) is 13.1. The zero-order valence-corrected chi connectivity index (χ0v) is 13.1. The van der Waals surface area contributed by atoms with Gasteiger partial charge in [0.15, 0.2) is 0 Å². The van der Waals surface area contributed by atoms with E-state index in [9.17, 15) is 18.0 Å². The number of amides is 1. The van der Waals surface area contributed by atoms with Crippen molar-refractivity contribution in [2.24, 2.45) is 0 Å². The lowest BCUT2D eigenvalue weighted by molar-refractivity contribution is -0.144. The Bertz CT molecular complexity index is 702. The maximum Gasteiger partial charge on any atom is 0.433 e. The first-order valence-corrected chi connectivity index (χ1v) is 7.12. The van der Waals surface area contributed by atoms with Gasteiger partial charge in [0, 0.05) is 24.3 Å². The van der Waals surface area contributed by atoms with E-state index >= 15 is 0 Å². The number of carbonyl (C=O) groups is 1. The number of aryl methyl sites for hydroxylation is 2. The molecule has 6 nitrogen and oxygen atoms in total. The van der Waals surface area contributed by atoms with Gasteiger partial charge in [-0.05, 0) is 26.8 Å². The van der Waals surface area contributed by atoms with Gasteiger partial charge < -0.3 is 5.32 Å². The Balaban J connectivity index is 2.02. The molecule has 2 aromatic rings. The van der Waals surface area contributed by atoms with Gasteiger partial charge in [-0.2, -0.15) is 23.4 Å². The smallest absolute Gasteiger partial charge is 0.350 e. The molecule has 2 heterocycles. The van der Waals surface area contributed by atoms with Crippen LogP contribution in [0.4, 0.5) is 13.2 Å². The van der Waals surface area contributed by atoms with Crippen LogP contribution in [0.3, 0.4) is 0 Å². The number of nitrogens with one attached hydrogen (secondary N) is 1. The lowest BCUT2D eigenvalue weighted by Crippen LogP contribution is -2.29. The fourth-order valence-electron chi connectivity index (χ4n) is 2.26. The minimum Gasteiger partial charge on any atom is -0.350 e. The van der Waals surface area contributed by atoms with Gasteiger partial charge in [-0.25, -0.2) is 0 Å². The molecule has 126 valence electrons. The predicted molar refractivity (Wildman–Crippen MR) is 76.5 cm³/mol. The van der Waals surface area contributed by atoms with Crippen LogP contribution >= 0.6 is 0 Å². The van der Waals surface area contributed by atoms with Crippen LogP contribution in [-0.2, 0) is 30.6 Å². The third-order valence-electron chi connectivity index (χ3n) is 3.47. The minimum atomic E-state index is -4.54. The number of rotatable bonds is 5. The molecular formula is C14H18F3N5O. The Morgan fingerprint density at radius 2 is 2.00 bits per heavy atom. The Morgan fingerprint density at radius 1 is 1.30 bits per heavy atom. The number of carbonyl (C=O) groups excluding carboxylic acids is 1. The molecule has 1 N–H and O–H groups in total. The van der Waals surface area contributed by atoms with Crippen LogP contribution in [0.5, 0.6) is 0 Å². The summed E-state index contributed by atoms with van der Waals surface area (Å²) in [6.45, 7) is 5.71. The van der Waals surface area contributed by atoms with Crippen molar-refractivity contribution < 1.29 is 18.0 Å². The first-order valence-electron chi connectivity index (χ1n) is 7.12. The van der Waals surface area contributed by atoms with E-state index in [1.54, 1.807) is 10.9 Å². The molecule has 1 amide bonds. The first-order chi connectivity index (χ1) is 10.7. The number of aromatic nitrogens is 4. The predicted octanol–water partition coefficient (Wildman–Crippen LogP) is 2.05. The van der Waals surface area contributed by atoms with Gasteiger partial charge in [0.1, 0.15) is 12.2 Å². The summed E-state index contributed by atoms with van der Waals surface area (Å²) in [5, 5.41) is 10.5. The van der Waals surface area contributed by atoms with Crippen molar-refractivity contribution in [3.8, 4) is 0 Å². The highest BCUT2D eigenvalue weighted by atomic mass is 19.4. The maximum atomic E-state index is 12.9. The standard InChI is InChI=1S/C14H18F3N5O/c1-4-21-10(3)11(7-19-21)6-18-13(23)8-22-12(14(15,16)17)5-9(2)20-22/h5,7H,4,6,8H2,1-3H3,(H,18,23). The topological polar surface area (TPSA) is 64.7 Å². The van der Waals surface area contributed by atoms with Crippen LogP contribution in [0, 0.1) is 13.8 Å². The Labute approximate surface area is 131 Å². The summed E-state index contributed by atoms with van der Waals surface area (Å²) in [6.07, 6.45) is -2.90. The van der Waals surface area contributed by atoms with Crippen LogP contribution in [0.15, 0.2) is 12.3 Å². The summed E-state index contributed by atoms with van der Waals surface area (Å²) in [5.74, 6) is -0.540. The van der Waals surface area contributed by atoms with Gasteiger partial charge in [0.05, 0.1) is 11.9 Å². The largest absolute Gasteiger partial charge is 0.433 e. The SMILES string of the molecule is CCn1ncc(CNC(=O)Cn2nc(C)cc2C(F)(F)F)c1C. The first kappa shape index (κ1) is 17.0. The number of halogens is 3. The number of hydrogen-bond acceptors (Lipinski definition) is 3. The van der Waals surface area contributed by atoms with Crippen molar-refractivity contribution in [1.82, 2.24) is 24.9 Å². The van der Waals surface area contributed by atoms with Gasteiger partial charge in [-0.3, -0.25) is 14.2 Å². The third-order valence-corrected chi connectivity index (χ3v) is 3.47. The van der Waals surface area contributed by atoms with Crippen LogP contribution in [0.25, 0.3) is 0 Å². The van der Waals surface area contributed by atoms with Crippen molar-refractivity contribution in [2.75, 3.05) is 0 Å². The molecule has 2 aromatic heterocycles. The van der Waals surface area contributed by atoms with E-state index in [0.29, 0.717) is 11.2 Å². The maximum absolute atomic E-state index is 12.9. The van der Waals surface area contributed by atoms with E-state index in [2.05, 4.69) is 15.5 Å². The van der Waals surface area contributed by atoms with Crippen molar-refractivity contribution in [3.05, 3.63) is 34.9 Å². The Hall–Kier alpha value is -2.32. The highest BCUT2D eigenvalue weighted by molar-refractivity contribution is 5.75. The van der Waals surface area contributed by atoms with E-state index in [1.807, 2.05) is 13.8 Å². The fraction of sp³-hybridized carbons (Fsp3) is 0.500. The van der Waals surface area contributed by atoms with Crippen LogP contribution < -0.4 is 5.32 Å². The van der Waals surface area contributed by atoms with E-state index in [4.69, 9.17) is 0 Å². The molecule has 0 bridgehead atoms. The van der Waals surface area contributed by atoms with E-state index in [1.165, 1.54) is 6.92 Å². The molecule has 0 aliphatic rings. The average molecular weight is 329 g/mol. The summed E-state index contributed by atoms with van der Waals surface area (Å²) in [5.41, 5.74) is 1.02. The second-order valence-corrected chi connectivity index (χ2v) is 5.17. The molecule has 0 fully saturated rings. The monoisotopic (exact) mass is 329 g/mol. The van der Waals surface area contributed by atoms with Gasteiger partial charge in [0.2, 0.25) is 5.91 Å². The lowest BCUT2D eigenvalue weighted by Gasteiger charge is -2.10. The van der Waals surface area contributed by atoms with Gasteiger partial charge >= 0.3 is 6.18 Å². The summed E-state index contributed by atoms with van der Waals surface area (Å²) in [6, 6.07) is 0.919. The molecule has 0 aliphatic carbocycles. The van der Waals surface area contributed by atoms with E-state index < -0.39 is 24.3 Å². The molecule has 0 unspecified atom stereocenters. The van der Waals surface area contributed by atoms with Crippen LogP contribution in [0.1, 0.15) is 29.6 Å². The van der Waals surface area contributed by atoms with Crippen molar-refractivity contribution in [1.29, 1.82) is 0 Å². The van der Waals surface area contributed by atoms with Crippen molar-refractivity contribution in [3.63, 3.8) is 0 Å². The second kappa shape index (κ2) is 6.43. The van der Waals surface area contributed by atoms with Crippen molar-refractivity contribution >= 4 is 5.91 Å². The normalized spacial score (nSPS) is 11.7. The molecule has 2 rings (SSSR count). The van der Waals surface area contributed by atoms with Crippen LogP contribution in [0.2, 0.25) is 0 Å². The number of alkyl halides is 3. The zero-order chi connectivity index (χ0) is 17.2. The Morgan fingerprint density at radius 3 is 2.57 bits per heavy atom. The highest BCUT2D eigenvalue weighted by Gasteiger charge is 2.35. The molecular weight excluding hydrogens is 311 g/mol. The molecule has 0 radical (unpaired) electrons. The summed E-state index contributed by atoms with van der Waals surface area (Å²) < 4.78 is 41.0. The minimum absolute atomic E-state index is 0.213. The second-order valence-electron chi connectivity index (χ2n) is 5.17. The van der Waals surface area contributed by atoms with Crippen LogP contribution in [-0.4, -0.2) is 25.5 Å². The quantitative estimate of drug-likeness (QED) is 0.913. The van der Waals surface area contributed by atoms with E-state index in [0.717, 1.165) is 17.3 Å². The van der Waals surface area contributed by atoms with Gasteiger partial charge in [0.25, 0.3) is 0 Å². The Kier molecular flexibility index (Phi) is 4.76. The van der Waals surface area contributed by atoms with E-state index in [-0.39, 0.29) is 12.2 Å². The average Bonchev–Trinajstić information content (AvgIpc) is 2.99. The molecule has 0 aliphatic heterocycles. The summed E-state index contributed by atoms with van der Waals surface area (Å²) >= 11 is 0. The highest BCUT2D eigenvalue weighted by Crippen LogP contribution is 2.29. The molecule has 0 saturated carbocycles. The molecule has 0 atom stereocenters. The summed E-state index contributed by atoms with van der Waals surface area (Å²) in [4.78, 5) is 11.9. The van der Waals surface area contributed by atoms with Gasteiger partial charge in [-0.1, -0.05) is 0 Å². The van der Waals surface area contributed by atoms with Crippen molar-refractivity contribution in [2.45, 2.75) is 46.6 Å². The molecule has 0 saturated heterocycles. The lowest BCUT2D eigenvalue weighted by atomic mass is 10.2. The molecule has 23 heavy (non-hydrogen) atoms. The van der Waals surface area contributed by atoms with Gasteiger partial charge in [-0.15, -0.1) is 0 Å². The third kappa shape index (κ3) is 3.91. The fourth-order valence-corrected chi connectivity index (χ4v) is 2.26. The summed E-state index contributed by atoms with van der Waals surface area (Å²) in [7, 11) is 0. The number of hydrogen-bond donors (Lipinski definition) is 1. The molecule has 0 aromatic carbocycles. The molecule has 9 heteroatoms. The molecule has 0 spiro atoms. The number of nitrogens with zero attached hydrogens (tertiary/aromatic N) is 4.